The number of rotatable bonds is 6. The van der Waals surface area contributed by atoms with E-state index in [1.807, 2.05) is 0 Å². The minimum Gasteiger partial charge on any atom is -0.370 e. The Morgan fingerprint density at radius 1 is 1.29 bits per heavy atom. The molecule has 0 aromatic rings. The number of ether oxygens (including phenoxy) is 1. The van der Waals surface area contributed by atoms with Gasteiger partial charge in [-0.1, -0.05) is 19.8 Å². The monoisotopic (exact) mass is 240 g/mol. The lowest BCUT2D eigenvalue weighted by atomic mass is 9.98. The lowest BCUT2D eigenvalue weighted by molar-refractivity contribution is -0.0449. The van der Waals surface area contributed by atoms with Gasteiger partial charge in [-0.25, -0.2) is 0 Å². The van der Waals surface area contributed by atoms with Crippen molar-refractivity contribution in [1.82, 2.24) is 10.2 Å². The summed E-state index contributed by atoms with van der Waals surface area (Å²) in [6, 6.07) is 0. The van der Waals surface area contributed by atoms with Gasteiger partial charge in [0.1, 0.15) is 0 Å². The zero-order valence-electron chi connectivity index (χ0n) is 11.5. The molecule has 17 heavy (non-hydrogen) atoms. The zero-order chi connectivity index (χ0) is 12.1. The maximum atomic E-state index is 6.32. The molecule has 3 nitrogen and oxygen atoms in total. The highest BCUT2D eigenvalue weighted by Gasteiger charge is 2.42. The molecule has 1 atom stereocenters. The number of hydrogen-bond donors (Lipinski definition) is 1. The van der Waals surface area contributed by atoms with Crippen molar-refractivity contribution in [2.24, 2.45) is 0 Å². The van der Waals surface area contributed by atoms with Crippen molar-refractivity contribution in [2.45, 2.75) is 57.2 Å². The standard InChI is InChI=1S/C14H28N2O/c1-3-15-10-11-16(2)12-13-6-9-14(17-13)7-4-5-8-14/h13,15H,3-12H2,1-2H3. The van der Waals surface area contributed by atoms with Gasteiger partial charge in [-0.2, -0.15) is 0 Å². The molecule has 1 saturated carbocycles. The second-order valence-corrected chi connectivity index (χ2v) is 5.78. The molecule has 1 saturated heterocycles. The summed E-state index contributed by atoms with van der Waals surface area (Å²) in [6.07, 6.45) is 8.44. The van der Waals surface area contributed by atoms with Crippen LogP contribution < -0.4 is 5.32 Å². The molecule has 3 heteroatoms. The van der Waals surface area contributed by atoms with Crippen LogP contribution in [-0.2, 0) is 4.74 Å². The predicted octanol–water partition coefficient (Wildman–Crippen LogP) is 2.02. The molecule has 0 aromatic heterocycles. The van der Waals surface area contributed by atoms with E-state index in [1.54, 1.807) is 0 Å². The Morgan fingerprint density at radius 3 is 2.76 bits per heavy atom. The van der Waals surface area contributed by atoms with Gasteiger partial charge < -0.3 is 15.0 Å². The van der Waals surface area contributed by atoms with Crippen molar-refractivity contribution in [3.63, 3.8) is 0 Å². The van der Waals surface area contributed by atoms with E-state index in [9.17, 15) is 0 Å². The van der Waals surface area contributed by atoms with Crippen molar-refractivity contribution in [3.8, 4) is 0 Å². The van der Waals surface area contributed by atoms with Crippen LogP contribution in [0.5, 0.6) is 0 Å². The maximum absolute atomic E-state index is 6.32. The highest BCUT2D eigenvalue weighted by atomic mass is 16.5. The van der Waals surface area contributed by atoms with Gasteiger partial charge in [-0.15, -0.1) is 0 Å². The van der Waals surface area contributed by atoms with Crippen LogP contribution in [0.15, 0.2) is 0 Å². The molecule has 1 heterocycles. The second kappa shape index (κ2) is 6.17. The van der Waals surface area contributed by atoms with Gasteiger partial charge in [-0.05, 0) is 39.3 Å². The van der Waals surface area contributed by atoms with Crippen LogP contribution in [0, 0.1) is 0 Å². The SMILES string of the molecule is CCNCCN(C)CC1CCC2(CCCC2)O1. The summed E-state index contributed by atoms with van der Waals surface area (Å²) < 4.78 is 6.32. The van der Waals surface area contributed by atoms with Crippen LogP contribution in [-0.4, -0.2) is 49.8 Å². The smallest absolute Gasteiger partial charge is 0.0710 e. The van der Waals surface area contributed by atoms with Crippen LogP contribution in [0.2, 0.25) is 0 Å². The Hall–Kier alpha value is -0.120. The van der Waals surface area contributed by atoms with Gasteiger partial charge in [0.05, 0.1) is 11.7 Å². The molecule has 1 spiro atoms. The molecule has 2 rings (SSSR count). The minimum absolute atomic E-state index is 0.299. The van der Waals surface area contributed by atoms with E-state index in [2.05, 4.69) is 24.2 Å². The largest absolute Gasteiger partial charge is 0.370 e. The van der Waals surface area contributed by atoms with E-state index in [1.165, 1.54) is 38.5 Å². The first-order valence-corrected chi connectivity index (χ1v) is 7.31. The summed E-state index contributed by atoms with van der Waals surface area (Å²) in [4.78, 5) is 2.40. The first kappa shape index (κ1) is 13.3. The van der Waals surface area contributed by atoms with Crippen molar-refractivity contribution < 1.29 is 4.74 Å². The quantitative estimate of drug-likeness (QED) is 0.719. The summed E-state index contributed by atoms with van der Waals surface area (Å²) in [5, 5.41) is 3.37. The Balaban J connectivity index is 1.66. The summed E-state index contributed by atoms with van der Waals surface area (Å²) in [7, 11) is 2.21. The lowest BCUT2D eigenvalue weighted by Crippen LogP contribution is -2.36. The van der Waals surface area contributed by atoms with Crippen molar-refractivity contribution in [1.29, 1.82) is 0 Å². The molecule has 1 N–H and O–H groups in total. The third-order valence-corrected chi connectivity index (χ3v) is 4.29. The lowest BCUT2D eigenvalue weighted by Gasteiger charge is -2.26. The average Bonchev–Trinajstić information content (AvgIpc) is 2.91. The van der Waals surface area contributed by atoms with Crippen LogP contribution in [0.25, 0.3) is 0 Å². The highest BCUT2D eigenvalue weighted by molar-refractivity contribution is 4.93. The normalized spacial score (nSPS) is 27.4. The van der Waals surface area contributed by atoms with Gasteiger partial charge in [0.15, 0.2) is 0 Å². The maximum Gasteiger partial charge on any atom is 0.0710 e. The Kier molecular flexibility index (Phi) is 4.83. The Labute approximate surface area is 106 Å². The van der Waals surface area contributed by atoms with Crippen molar-refractivity contribution >= 4 is 0 Å². The van der Waals surface area contributed by atoms with Gasteiger partial charge in [0, 0.05) is 19.6 Å². The first-order valence-electron chi connectivity index (χ1n) is 7.31. The molecule has 0 radical (unpaired) electrons. The fourth-order valence-corrected chi connectivity index (χ4v) is 3.30. The molecule has 2 aliphatic rings. The molecule has 1 unspecified atom stereocenters. The zero-order valence-corrected chi connectivity index (χ0v) is 11.5. The fourth-order valence-electron chi connectivity index (χ4n) is 3.30. The third-order valence-electron chi connectivity index (χ3n) is 4.29. The summed E-state index contributed by atoms with van der Waals surface area (Å²) in [5.41, 5.74) is 0.299. The summed E-state index contributed by atoms with van der Waals surface area (Å²) >= 11 is 0. The van der Waals surface area contributed by atoms with E-state index in [4.69, 9.17) is 4.74 Å². The third kappa shape index (κ3) is 3.67. The molecule has 1 aliphatic heterocycles. The molecule has 2 fully saturated rings. The van der Waals surface area contributed by atoms with E-state index in [0.29, 0.717) is 11.7 Å². The van der Waals surface area contributed by atoms with E-state index < -0.39 is 0 Å². The van der Waals surface area contributed by atoms with E-state index in [0.717, 1.165) is 26.2 Å². The van der Waals surface area contributed by atoms with Gasteiger partial charge in [0.2, 0.25) is 0 Å². The molecule has 0 aromatic carbocycles. The minimum atomic E-state index is 0.299. The predicted molar refractivity (Wildman–Crippen MR) is 71.3 cm³/mol. The van der Waals surface area contributed by atoms with Crippen molar-refractivity contribution in [2.75, 3.05) is 33.2 Å². The molecular weight excluding hydrogens is 212 g/mol. The molecular formula is C14H28N2O. The molecule has 100 valence electrons. The molecule has 0 amide bonds. The number of likely N-dealkylation sites (N-methyl/N-ethyl adjacent to an activating group) is 2. The second-order valence-electron chi connectivity index (χ2n) is 5.78. The molecule has 1 aliphatic carbocycles. The summed E-state index contributed by atoms with van der Waals surface area (Å²) in [5.74, 6) is 0. The topological polar surface area (TPSA) is 24.5 Å². The number of nitrogens with one attached hydrogen (secondary N) is 1. The van der Waals surface area contributed by atoms with Gasteiger partial charge in [0.25, 0.3) is 0 Å². The van der Waals surface area contributed by atoms with E-state index >= 15 is 0 Å². The van der Waals surface area contributed by atoms with Crippen molar-refractivity contribution in [3.05, 3.63) is 0 Å². The van der Waals surface area contributed by atoms with Gasteiger partial charge in [-0.3, -0.25) is 0 Å². The van der Waals surface area contributed by atoms with Crippen LogP contribution in [0.4, 0.5) is 0 Å². The average molecular weight is 240 g/mol. The van der Waals surface area contributed by atoms with Crippen LogP contribution >= 0.6 is 0 Å². The fraction of sp³-hybridized carbons (Fsp3) is 1.00. The summed E-state index contributed by atoms with van der Waals surface area (Å²) in [6.45, 7) is 6.54. The van der Waals surface area contributed by atoms with Crippen LogP contribution in [0.3, 0.4) is 0 Å². The molecule has 0 bridgehead atoms. The number of hydrogen-bond acceptors (Lipinski definition) is 3. The van der Waals surface area contributed by atoms with Crippen LogP contribution in [0.1, 0.15) is 45.4 Å². The Morgan fingerprint density at radius 2 is 2.06 bits per heavy atom. The first-order chi connectivity index (χ1) is 8.24. The van der Waals surface area contributed by atoms with Gasteiger partial charge >= 0.3 is 0 Å². The number of nitrogens with zero attached hydrogens (tertiary/aromatic N) is 1. The highest BCUT2D eigenvalue weighted by Crippen LogP contribution is 2.43. The Bertz CT molecular complexity index is 226. The van der Waals surface area contributed by atoms with E-state index in [-0.39, 0.29) is 0 Å².